The minimum atomic E-state index is -0.641. The number of para-hydroxylation sites is 1. The third-order valence-corrected chi connectivity index (χ3v) is 4.64. The molecular formula is C22H27N3O3. The summed E-state index contributed by atoms with van der Waals surface area (Å²) in [5, 5.41) is 0. The lowest BCUT2D eigenvalue weighted by molar-refractivity contribution is -0.129. The summed E-state index contributed by atoms with van der Waals surface area (Å²) in [7, 11) is 0. The molecule has 2 amide bonds. The van der Waals surface area contributed by atoms with Gasteiger partial charge in [-0.05, 0) is 51.8 Å². The number of likely N-dealkylation sites (tertiary alicyclic amines) is 1. The van der Waals surface area contributed by atoms with E-state index in [0.717, 1.165) is 18.4 Å². The van der Waals surface area contributed by atoms with Gasteiger partial charge in [0.15, 0.2) is 0 Å². The smallest absolute Gasteiger partial charge is 0.420 e. The van der Waals surface area contributed by atoms with Crippen LogP contribution in [-0.2, 0) is 9.53 Å². The molecule has 0 radical (unpaired) electrons. The maximum atomic E-state index is 13.1. The highest BCUT2D eigenvalue weighted by atomic mass is 16.6. The van der Waals surface area contributed by atoms with Crippen LogP contribution in [0.4, 0.5) is 16.3 Å². The second-order valence-electron chi connectivity index (χ2n) is 7.94. The highest BCUT2D eigenvalue weighted by Crippen LogP contribution is 2.38. The summed E-state index contributed by atoms with van der Waals surface area (Å²) in [6, 6.07) is 13.0. The summed E-state index contributed by atoms with van der Waals surface area (Å²) in [5.41, 5.74) is 0.881. The number of ether oxygens (including phenoxy) is 1. The Morgan fingerprint density at radius 2 is 1.86 bits per heavy atom. The molecule has 0 saturated carbocycles. The van der Waals surface area contributed by atoms with Crippen LogP contribution >= 0.6 is 0 Å². The van der Waals surface area contributed by atoms with Crippen molar-refractivity contribution in [1.82, 2.24) is 9.88 Å². The Morgan fingerprint density at radius 3 is 2.50 bits per heavy atom. The summed E-state index contributed by atoms with van der Waals surface area (Å²) in [5.74, 6) is 0.530. The van der Waals surface area contributed by atoms with Gasteiger partial charge in [-0.3, -0.25) is 4.79 Å². The molecule has 0 bridgehead atoms. The highest BCUT2D eigenvalue weighted by molar-refractivity contribution is 5.96. The van der Waals surface area contributed by atoms with Crippen LogP contribution in [-0.4, -0.2) is 34.0 Å². The zero-order valence-electron chi connectivity index (χ0n) is 16.9. The Bertz CT molecular complexity index is 846. The Kier molecular flexibility index (Phi) is 5.68. The summed E-state index contributed by atoms with van der Waals surface area (Å²) in [4.78, 5) is 33.1. The van der Waals surface area contributed by atoms with Gasteiger partial charge in [-0.15, -0.1) is 0 Å². The molecule has 1 saturated heterocycles. The second-order valence-corrected chi connectivity index (χ2v) is 7.94. The van der Waals surface area contributed by atoms with E-state index in [1.54, 1.807) is 13.1 Å². The van der Waals surface area contributed by atoms with Crippen molar-refractivity contribution in [2.45, 2.75) is 52.2 Å². The van der Waals surface area contributed by atoms with Gasteiger partial charge in [0.25, 0.3) is 0 Å². The molecule has 6 heteroatoms. The van der Waals surface area contributed by atoms with E-state index in [0.29, 0.717) is 18.1 Å². The van der Waals surface area contributed by atoms with E-state index in [4.69, 9.17) is 4.74 Å². The first kappa shape index (κ1) is 19.9. The van der Waals surface area contributed by atoms with E-state index in [1.807, 2.05) is 68.1 Å². The number of carbonyl (C=O) groups is 2. The number of pyridine rings is 1. The first-order chi connectivity index (χ1) is 13.3. The van der Waals surface area contributed by atoms with E-state index in [-0.39, 0.29) is 11.9 Å². The highest BCUT2D eigenvalue weighted by Gasteiger charge is 2.34. The van der Waals surface area contributed by atoms with Gasteiger partial charge in [0.05, 0.1) is 11.7 Å². The van der Waals surface area contributed by atoms with Crippen LogP contribution in [0.5, 0.6) is 0 Å². The normalized spacial score (nSPS) is 16.7. The average Bonchev–Trinajstić information content (AvgIpc) is 3.12. The minimum absolute atomic E-state index is 0.0285. The van der Waals surface area contributed by atoms with Crippen molar-refractivity contribution in [1.29, 1.82) is 0 Å². The largest absolute Gasteiger partial charge is 0.443 e. The second kappa shape index (κ2) is 8.00. The van der Waals surface area contributed by atoms with Crippen LogP contribution in [0.1, 0.15) is 52.1 Å². The number of amides is 2. The first-order valence-electron chi connectivity index (χ1n) is 9.58. The summed E-state index contributed by atoms with van der Waals surface area (Å²) >= 11 is 0. The number of hydrogen-bond acceptors (Lipinski definition) is 4. The van der Waals surface area contributed by atoms with Crippen LogP contribution < -0.4 is 4.90 Å². The molecule has 0 unspecified atom stereocenters. The zero-order chi connectivity index (χ0) is 20.3. The van der Waals surface area contributed by atoms with Gasteiger partial charge < -0.3 is 9.64 Å². The number of aromatic nitrogens is 1. The number of carbonyl (C=O) groups excluding carboxylic acids is 2. The van der Waals surface area contributed by atoms with Gasteiger partial charge >= 0.3 is 6.09 Å². The fourth-order valence-electron chi connectivity index (χ4n) is 3.52. The molecule has 148 valence electrons. The van der Waals surface area contributed by atoms with E-state index >= 15 is 0 Å². The molecular weight excluding hydrogens is 354 g/mol. The summed E-state index contributed by atoms with van der Waals surface area (Å²) in [6.07, 6.45) is 2.93. The molecule has 1 aliphatic heterocycles. The van der Waals surface area contributed by atoms with E-state index < -0.39 is 11.7 Å². The third-order valence-electron chi connectivity index (χ3n) is 4.64. The molecule has 0 aliphatic carbocycles. The Morgan fingerprint density at radius 1 is 1.14 bits per heavy atom. The van der Waals surface area contributed by atoms with Gasteiger partial charge in [-0.25, -0.2) is 14.7 Å². The lowest BCUT2D eigenvalue weighted by Gasteiger charge is -2.31. The van der Waals surface area contributed by atoms with E-state index in [1.165, 1.54) is 4.90 Å². The van der Waals surface area contributed by atoms with Crippen molar-refractivity contribution < 1.29 is 14.3 Å². The monoisotopic (exact) mass is 381 g/mol. The van der Waals surface area contributed by atoms with E-state index in [2.05, 4.69) is 4.98 Å². The van der Waals surface area contributed by atoms with Crippen LogP contribution in [0.15, 0.2) is 48.7 Å². The molecule has 1 fully saturated rings. The van der Waals surface area contributed by atoms with Crippen LogP contribution in [0.3, 0.4) is 0 Å². The molecule has 2 aromatic rings. The predicted octanol–water partition coefficient (Wildman–Crippen LogP) is 4.84. The van der Waals surface area contributed by atoms with Gasteiger partial charge in [0.2, 0.25) is 5.91 Å². The maximum Gasteiger partial charge on any atom is 0.420 e. The molecule has 1 aromatic carbocycles. The quantitative estimate of drug-likeness (QED) is 0.763. The Balaban J connectivity index is 2.09. The number of rotatable bonds is 3. The lowest BCUT2D eigenvalue weighted by Crippen LogP contribution is -2.36. The van der Waals surface area contributed by atoms with Gasteiger partial charge in [0, 0.05) is 25.2 Å². The Labute approximate surface area is 166 Å². The standard InChI is InChI=1S/C22H27N3O3/c1-16(26)24-15-9-13-19(24)18-12-8-14-23-20(18)25(17-10-6-5-7-11-17)21(27)28-22(2,3)4/h5-8,10-12,14,19H,9,13,15H2,1-4H3/t19-/m0/s1. The lowest BCUT2D eigenvalue weighted by atomic mass is 10.0. The molecule has 2 heterocycles. The van der Waals surface area contributed by atoms with Gasteiger partial charge in [-0.2, -0.15) is 0 Å². The molecule has 6 nitrogen and oxygen atoms in total. The summed E-state index contributed by atoms with van der Waals surface area (Å²) < 4.78 is 5.67. The molecule has 1 aliphatic rings. The van der Waals surface area contributed by atoms with Gasteiger partial charge in [-0.1, -0.05) is 24.3 Å². The number of nitrogens with zero attached hydrogens (tertiary/aromatic N) is 3. The summed E-state index contributed by atoms with van der Waals surface area (Å²) in [6.45, 7) is 7.80. The minimum Gasteiger partial charge on any atom is -0.443 e. The van der Waals surface area contributed by atoms with Crippen molar-refractivity contribution in [3.05, 3.63) is 54.2 Å². The van der Waals surface area contributed by atoms with Crippen molar-refractivity contribution in [3.8, 4) is 0 Å². The molecule has 3 rings (SSSR count). The number of benzene rings is 1. The van der Waals surface area contributed by atoms with Crippen molar-refractivity contribution in [2.24, 2.45) is 0 Å². The maximum absolute atomic E-state index is 13.1. The molecule has 0 N–H and O–H groups in total. The average molecular weight is 381 g/mol. The SMILES string of the molecule is CC(=O)N1CCC[C@H]1c1cccnc1N(C(=O)OC(C)(C)C)c1ccccc1. The number of anilines is 2. The van der Waals surface area contributed by atoms with E-state index in [9.17, 15) is 9.59 Å². The zero-order valence-corrected chi connectivity index (χ0v) is 16.9. The predicted molar refractivity (Wildman–Crippen MR) is 108 cm³/mol. The fraction of sp³-hybridized carbons (Fsp3) is 0.409. The van der Waals surface area contributed by atoms with Crippen LogP contribution in [0, 0.1) is 0 Å². The van der Waals surface area contributed by atoms with Crippen molar-refractivity contribution in [2.75, 3.05) is 11.4 Å². The molecule has 1 atom stereocenters. The number of hydrogen-bond donors (Lipinski definition) is 0. The Hall–Kier alpha value is -2.89. The van der Waals surface area contributed by atoms with Gasteiger partial charge in [0.1, 0.15) is 11.4 Å². The topological polar surface area (TPSA) is 62.7 Å². The fourth-order valence-corrected chi connectivity index (χ4v) is 3.52. The van der Waals surface area contributed by atoms with Crippen LogP contribution in [0.2, 0.25) is 0 Å². The van der Waals surface area contributed by atoms with Crippen molar-refractivity contribution >= 4 is 23.5 Å². The molecule has 28 heavy (non-hydrogen) atoms. The molecule has 0 spiro atoms. The first-order valence-corrected chi connectivity index (χ1v) is 9.58. The van der Waals surface area contributed by atoms with Crippen molar-refractivity contribution in [3.63, 3.8) is 0 Å². The third kappa shape index (κ3) is 4.32. The molecule has 1 aromatic heterocycles. The van der Waals surface area contributed by atoms with Crippen LogP contribution in [0.25, 0.3) is 0 Å².